The number of nitrogens with zero attached hydrogens (tertiary/aromatic N) is 1. The number of amides is 1. The SMILES string of the molecule is Cc1ccc(CN2CC[C@H]3O[C@@H](C(=O)NCC4CC4)CC[C@H]32)o1. The summed E-state index contributed by atoms with van der Waals surface area (Å²) in [5.41, 5.74) is 0. The summed E-state index contributed by atoms with van der Waals surface area (Å²) in [5.74, 6) is 2.79. The number of nitrogens with one attached hydrogen (secondary N) is 1. The minimum absolute atomic E-state index is 0.0930. The number of carbonyl (C=O) groups is 1. The summed E-state index contributed by atoms with van der Waals surface area (Å²) in [7, 11) is 0. The van der Waals surface area contributed by atoms with Gasteiger partial charge in [0.25, 0.3) is 0 Å². The molecule has 126 valence electrons. The molecule has 4 rings (SSSR count). The zero-order valence-electron chi connectivity index (χ0n) is 13.8. The van der Waals surface area contributed by atoms with E-state index < -0.39 is 0 Å². The van der Waals surface area contributed by atoms with Crippen LogP contribution in [0.2, 0.25) is 0 Å². The Labute approximate surface area is 137 Å². The Bertz CT molecular complexity index is 566. The van der Waals surface area contributed by atoms with Crippen LogP contribution in [0.25, 0.3) is 0 Å². The summed E-state index contributed by atoms with van der Waals surface area (Å²) in [4.78, 5) is 14.7. The zero-order chi connectivity index (χ0) is 15.8. The second kappa shape index (κ2) is 6.29. The molecule has 0 unspecified atom stereocenters. The third kappa shape index (κ3) is 3.45. The number of rotatable bonds is 5. The Hall–Kier alpha value is -1.33. The number of carbonyl (C=O) groups excluding carboxylic acids is 1. The fraction of sp³-hybridized carbons (Fsp3) is 0.722. The highest BCUT2D eigenvalue weighted by atomic mass is 16.5. The molecule has 2 saturated heterocycles. The van der Waals surface area contributed by atoms with Crippen LogP contribution in [-0.2, 0) is 16.1 Å². The van der Waals surface area contributed by atoms with Crippen LogP contribution in [0, 0.1) is 12.8 Å². The molecule has 3 atom stereocenters. The van der Waals surface area contributed by atoms with Crippen LogP contribution in [0.5, 0.6) is 0 Å². The Morgan fingerprint density at radius 3 is 2.87 bits per heavy atom. The van der Waals surface area contributed by atoms with Crippen molar-refractivity contribution in [2.75, 3.05) is 13.1 Å². The first-order valence-corrected chi connectivity index (χ1v) is 8.91. The fourth-order valence-electron chi connectivity index (χ4n) is 3.85. The van der Waals surface area contributed by atoms with Crippen molar-refractivity contribution in [3.8, 4) is 0 Å². The number of likely N-dealkylation sites (tertiary alicyclic amines) is 1. The summed E-state index contributed by atoms with van der Waals surface area (Å²) < 4.78 is 11.8. The predicted molar refractivity (Wildman–Crippen MR) is 85.9 cm³/mol. The first kappa shape index (κ1) is 15.2. The Balaban J connectivity index is 1.30. The van der Waals surface area contributed by atoms with E-state index >= 15 is 0 Å². The van der Waals surface area contributed by atoms with Crippen LogP contribution >= 0.6 is 0 Å². The lowest BCUT2D eigenvalue weighted by molar-refractivity contribution is -0.144. The molecule has 5 heteroatoms. The highest BCUT2D eigenvalue weighted by Gasteiger charge is 2.41. The minimum atomic E-state index is -0.249. The number of hydrogen-bond donors (Lipinski definition) is 1. The molecule has 23 heavy (non-hydrogen) atoms. The standard InChI is InChI=1S/C18H26N2O3/c1-12-2-5-14(22-12)11-20-9-8-16-15(20)6-7-17(23-16)18(21)19-10-13-3-4-13/h2,5,13,15-17H,3-4,6-11H2,1H3,(H,19,21)/t15-,16-,17-/m1/s1. The van der Waals surface area contributed by atoms with E-state index in [0.717, 1.165) is 50.4 Å². The number of aryl methyl sites for hydroxylation is 1. The lowest BCUT2D eigenvalue weighted by Gasteiger charge is -2.35. The van der Waals surface area contributed by atoms with Crippen molar-refractivity contribution < 1.29 is 13.9 Å². The molecule has 3 aliphatic rings. The third-order valence-electron chi connectivity index (χ3n) is 5.37. The molecule has 1 amide bonds. The van der Waals surface area contributed by atoms with Gasteiger partial charge in [0.1, 0.15) is 17.6 Å². The summed E-state index contributed by atoms with van der Waals surface area (Å²) in [6.45, 7) is 4.67. The molecule has 1 saturated carbocycles. The smallest absolute Gasteiger partial charge is 0.249 e. The van der Waals surface area contributed by atoms with E-state index in [-0.39, 0.29) is 18.1 Å². The molecule has 0 radical (unpaired) electrons. The Morgan fingerprint density at radius 1 is 1.26 bits per heavy atom. The van der Waals surface area contributed by atoms with Gasteiger partial charge in [-0.3, -0.25) is 9.69 Å². The van der Waals surface area contributed by atoms with E-state index in [1.807, 2.05) is 13.0 Å². The highest BCUT2D eigenvalue weighted by Crippen LogP contribution is 2.33. The molecule has 5 nitrogen and oxygen atoms in total. The van der Waals surface area contributed by atoms with Gasteiger partial charge in [0, 0.05) is 19.1 Å². The zero-order valence-corrected chi connectivity index (χ0v) is 13.8. The van der Waals surface area contributed by atoms with Crippen molar-refractivity contribution in [3.05, 3.63) is 23.7 Å². The van der Waals surface area contributed by atoms with Gasteiger partial charge in [-0.15, -0.1) is 0 Å². The number of fused-ring (bicyclic) bond motifs is 1. The Kier molecular flexibility index (Phi) is 4.16. The maximum Gasteiger partial charge on any atom is 0.249 e. The Morgan fingerprint density at radius 2 is 2.13 bits per heavy atom. The van der Waals surface area contributed by atoms with Crippen LogP contribution < -0.4 is 5.32 Å². The van der Waals surface area contributed by atoms with Gasteiger partial charge < -0.3 is 14.5 Å². The van der Waals surface area contributed by atoms with Gasteiger partial charge in [-0.2, -0.15) is 0 Å². The topological polar surface area (TPSA) is 54.7 Å². The van der Waals surface area contributed by atoms with E-state index in [1.54, 1.807) is 0 Å². The van der Waals surface area contributed by atoms with Crippen LogP contribution in [0.15, 0.2) is 16.5 Å². The normalized spacial score (nSPS) is 31.1. The first-order valence-electron chi connectivity index (χ1n) is 8.91. The van der Waals surface area contributed by atoms with Crippen molar-refractivity contribution in [2.45, 2.75) is 63.8 Å². The molecule has 0 bridgehead atoms. The molecule has 3 fully saturated rings. The lowest BCUT2D eigenvalue weighted by atomic mass is 9.98. The molecule has 0 spiro atoms. The number of hydrogen-bond acceptors (Lipinski definition) is 4. The third-order valence-corrected chi connectivity index (χ3v) is 5.37. The molecule has 2 aliphatic heterocycles. The van der Waals surface area contributed by atoms with Gasteiger partial charge in [0.05, 0.1) is 12.6 Å². The predicted octanol–water partition coefficient (Wildman–Crippen LogP) is 2.24. The lowest BCUT2D eigenvalue weighted by Crippen LogP contribution is -2.47. The molecular formula is C18H26N2O3. The second-order valence-corrected chi connectivity index (χ2v) is 7.27. The van der Waals surface area contributed by atoms with Gasteiger partial charge in [-0.25, -0.2) is 0 Å². The molecule has 1 aromatic heterocycles. The molecule has 1 N–H and O–H groups in total. The number of furan rings is 1. The van der Waals surface area contributed by atoms with Crippen molar-refractivity contribution >= 4 is 5.91 Å². The van der Waals surface area contributed by atoms with Crippen molar-refractivity contribution in [1.82, 2.24) is 10.2 Å². The monoisotopic (exact) mass is 318 g/mol. The summed E-state index contributed by atoms with van der Waals surface area (Å²) in [5, 5.41) is 3.06. The molecular weight excluding hydrogens is 292 g/mol. The maximum atomic E-state index is 12.2. The fourth-order valence-corrected chi connectivity index (χ4v) is 3.85. The quantitative estimate of drug-likeness (QED) is 0.904. The van der Waals surface area contributed by atoms with Crippen molar-refractivity contribution in [2.24, 2.45) is 5.92 Å². The van der Waals surface area contributed by atoms with E-state index in [0.29, 0.717) is 12.0 Å². The van der Waals surface area contributed by atoms with Gasteiger partial charge in [0.15, 0.2) is 0 Å². The molecule has 1 aliphatic carbocycles. The van der Waals surface area contributed by atoms with Gasteiger partial charge >= 0.3 is 0 Å². The second-order valence-electron chi connectivity index (χ2n) is 7.27. The maximum absolute atomic E-state index is 12.2. The molecule has 0 aromatic carbocycles. The minimum Gasteiger partial charge on any atom is -0.465 e. The average Bonchev–Trinajstić information content (AvgIpc) is 3.18. The first-order chi connectivity index (χ1) is 11.2. The van der Waals surface area contributed by atoms with E-state index in [4.69, 9.17) is 9.15 Å². The van der Waals surface area contributed by atoms with Crippen LogP contribution in [-0.4, -0.2) is 42.1 Å². The van der Waals surface area contributed by atoms with Gasteiger partial charge in [-0.05, 0) is 57.1 Å². The van der Waals surface area contributed by atoms with Gasteiger partial charge in [-0.1, -0.05) is 0 Å². The van der Waals surface area contributed by atoms with E-state index in [9.17, 15) is 4.79 Å². The largest absolute Gasteiger partial charge is 0.465 e. The average molecular weight is 318 g/mol. The van der Waals surface area contributed by atoms with Crippen LogP contribution in [0.1, 0.15) is 43.6 Å². The molecule has 1 aromatic rings. The van der Waals surface area contributed by atoms with Gasteiger partial charge in [0.2, 0.25) is 5.91 Å². The highest BCUT2D eigenvalue weighted by molar-refractivity contribution is 5.80. The van der Waals surface area contributed by atoms with Crippen LogP contribution in [0.4, 0.5) is 0 Å². The van der Waals surface area contributed by atoms with Crippen LogP contribution in [0.3, 0.4) is 0 Å². The summed E-state index contributed by atoms with van der Waals surface area (Å²) in [6, 6.07) is 4.49. The summed E-state index contributed by atoms with van der Waals surface area (Å²) in [6.07, 6.45) is 5.33. The van der Waals surface area contributed by atoms with Crippen molar-refractivity contribution in [3.63, 3.8) is 0 Å². The van der Waals surface area contributed by atoms with E-state index in [1.165, 1.54) is 12.8 Å². The summed E-state index contributed by atoms with van der Waals surface area (Å²) >= 11 is 0. The number of ether oxygens (including phenoxy) is 1. The molecule has 3 heterocycles. The van der Waals surface area contributed by atoms with E-state index in [2.05, 4.69) is 16.3 Å². The van der Waals surface area contributed by atoms with Crippen molar-refractivity contribution in [1.29, 1.82) is 0 Å².